The van der Waals surface area contributed by atoms with E-state index in [0.717, 1.165) is 12.0 Å². The summed E-state index contributed by atoms with van der Waals surface area (Å²) in [6, 6.07) is 3.58. The Bertz CT molecular complexity index is 1530. The van der Waals surface area contributed by atoms with E-state index in [0.29, 0.717) is 24.9 Å². The molecule has 0 aromatic carbocycles. The van der Waals surface area contributed by atoms with Crippen molar-refractivity contribution in [3.05, 3.63) is 58.0 Å². The maximum atomic E-state index is 14.4. The second-order valence-electron chi connectivity index (χ2n) is 14.7. The predicted octanol–water partition coefficient (Wildman–Crippen LogP) is 3.53. The number of allylic oxidation sites excluding steroid dienone is 4. The third-order valence-electron chi connectivity index (χ3n) is 12.9. The number of ether oxygens (including phenoxy) is 1. The van der Waals surface area contributed by atoms with E-state index in [1.165, 1.54) is 11.5 Å². The molecule has 43 heavy (non-hydrogen) atoms. The quantitative estimate of drug-likeness (QED) is 0.517. The van der Waals surface area contributed by atoms with E-state index in [9.17, 15) is 24.3 Å². The highest BCUT2D eigenvalue weighted by atomic mass is 16.7. The Kier molecular flexibility index (Phi) is 6.70. The third-order valence-corrected chi connectivity index (χ3v) is 12.9. The molecule has 9 nitrogen and oxygen atoms in total. The number of aryl methyl sites for hydroxylation is 1. The van der Waals surface area contributed by atoms with Crippen LogP contribution < -0.4 is 5.56 Å². The molecule has 1 aliphatic heterocycles. The molecule has 0 bridgehead atoms. The zero-order valence-corrected chi connectivity index (χ0v) is 26.3. The fraction of sp³-hybridized carbons (Fsp3) is 0.647. The fourth-order valence-corrected chi connectivity index (χ4v) is 10.5. The number of hydrogen-bond acceptors (Lipinski definition) is 8. The summed E-state index contributed by atoms with van der Waals surface area (Å²) in [5.41, 5.74) is -2.21. The summed E-state index contributed by atoms with van der Waals surface area (Å²) in [7, 11) is 1.70. The van der Waals surface area contributed by atoms with Gasteiger partial charge in [-0.05, 0) is 54.7 Å². The number of carbonyl (C=O) groups excluding carboxylic acids is 3. The number of esters is 1. The van der Waals surface area contributed by atoms with Gasteiger partial charge in [0.05, 0.1) is 12.6 Å². The summed E-state index contributed by atoms with van der Waals surface area (Å²) in [4.78, 5) is 58.3. The molecule has 9 atom stereocenters. The average Bonchev–Trinajstić information content (AvgIpc) is 3.38. The number of fused-ring (bicyclic) bond motifs is 7. The van der Waals surface area contributed by atoms with Crippen LogP contribution in [0.25, 0.3) is 0 Å². The Morgan fingerprint density at radius 3 is 2.58 bits per heavy atom. The number of ketones is 2. The lowest BCUT2D eigenvalue weighted by Crippen LogP contribution is -2.70. The minimum atomic E-state index is -1.35. The van der Waals surface area contributed by atoms with Crippen molar-refractivity contribution in [2.75, 3.05) is 13.2 Å². The maximum Gasteiger partial charge on any atom is 0.303 e. The van der Waals surface area contributed by atoms with Crippen molar-refractivity contribution in [1.29, 1.82) is 0 Å². The first-order chi connectivity index (χ1) is 20.0. The Labute approximate surface area is 252 Å². The molecular formula is C34H44N2O7. The number of nitrogens with zero attached hydrogens (tertiary/aromatic N) is 2. The van der Waals surface area contributed by atoms with Crippen LogP contribution in [0.3, 0.4) is 0 Å². The van der Waals surface area contributed by atoms with E-state index in [1.54, 1.807) is 36.5 Å². The molecule has 3 saturated carbocycles. The third kappa shape index (κ3) is 3.74. The number of aliphatic hydroxyl groups is 1. The second kappa shape index (κ2) is 9.56. The lowest BCUT2D eigenvalue weighted by atomic mass is 9.35. The summed E-state index contributed by atoms with van der Waals surface area (Å²) in [5, 5.41) is 14.0. The fourth-order valence-electron chi connectivity index (χ4n) is 10.5. The molecule has 6 rings (SSSR count). The standard InChI is InChI=1S/C34H44N2O7/c1-20-13-26-31(4)15-23-18-36(17-22-9-8-12-35(7)29(22)41)43-34(23,28(40)19-42-21(2)37)32(31,5)16-27(39)33(26,6)30(3)11-10-24(38)14-25(20)30/h8-12,14,20,23,26-27,39H,13,15-19H2,1-7H3/t20-,23-,26-,27-,30-,31-,32-,33+,34-/m0/s1. The lowest BCUT2D eigenvalue weighted by Gasteiger charge is -2.70. The molecule has 1 N–H and O–H groups in total. The summed E-state index contributed by atoms with van der Waals surface area (Å²) in [5.74, 6) is -0.990. The highest BCUT2D eigenvalue weighted by Crippen LogP contribution is 2.79. The van der Waals surface area contributed by atoms with Crippen LogP contribution in [0.4, 0.5) is 0 Å². The molecule has 5 aliphatic rings. The Morgan fingerprint density at radius 2 is 1.88 bits per heavy atom. The molecule has 4 fully saturated rings. The van der Waals surface area contributed by atoms with Crippen LogP contribution in [0.1, 0.15) is 66.4 Å². The second-order valence-corrected chi connectivity index (χ2v) is 14.7. The first kappa shape index (κ1) is 30.2. The molecule has 232 valence electrons. The summed E-state index contributed by atoms with van der Waals surface area (Å²) < 4.78 is 6.80. The van der Waals surface area contributed by atoms with Crippen LogP contribution >= 0.6 is 0 Å². The average molecular weight is 593 g/mol. The van der Waals surface area contributed by atoms with E-state index in [2.05, 4.69) is 34.6 Å². The van der Waals surface area contributed by atoms with Gasteiger partial charge in [0.2, 0.25) is 5.78 Å². The number of carbonyl (C=O) groups is 3. The van der Waals surface area contributed by atoms with Gasteiger partial charge in [-0.1, -0.05) is 52.3 Å². The van der Waals surface area contributed by atoms with E-state index in [1.807, 2.05) is 12.1 Å². The number of Topliss-reactive ketones (excluding diaryl/α,β-unsaturated/α-hetero) is 1. The van der Waals surface area contributed by atoms with E-state index in [4.69, 9.17) is 9.57 Å². The highest BCUT2D eigenvalue weighted by molar-refractivity contribution is 6.01. The molecule has 4 aliphatic carbocycles. The number of rotatable bonds is 5. The van der Waals surface area contributed by atoms with E-state index < -0.39 is 45.9 Å². The Hall–Kier alpha value is -2.88. The molecule has 0 spiro atoms. The molecule has 2 heterocycles. The first-order valence-corrected chi connectivity index (χ1v) is 15.4. The summed E-state index contributed by atoms with van der Waals surface area (Å²) >= 11 is 0. The molecule has 1 saturated heterocycles. The van der Waals surface area contributed by atoms with Crippen molar-refractivity contribution in [2.45, 2.75) is 79.1 Å². The molecule has 0 radical (unpaired) electrons. The van der Waals surface area contributed by atoms with Crippen molar-refractivity contribution in [3.63, 3.8) is 0 Å². The number of hydroxylamine groups is 2. The van der Waals surface area contributed by atoms with Crippen molar-refractivity contribution in [1.82, 2.24) is 9.63 Å². The maximum absolute atomic E-state index is 14.4. The molecule has 0 unspecified atom stereocenters. The predicted molar refractivity (Wildman–Crippen MR) is 158 cm³/mol. The van der Waals surface area contributed by atoms with Gasteiger partial charge in [-0.15, -0.1) is 0 Å². The minimum absolute atomic E-state index is 0.00576. The van der Waals surface area contributed by atoms with Gasteiger partial charge in [0.1, 0.15) is 0 Å². The smallest absolute Gasteiger partial charge is 0.303 e. The molecule has 0 amide bonds. The van der Waals surface area contributed by atoms with Crippen LogP contribution in [-0.2, 0) is 37.6 Å². The highest BCUT2D eigenvalue weighted by Gasteiger charge is 2.81. The molecule has 9 heteroatoms. The lowest BCUT2D eigenvalue weighted by molar-refractivity contribution is -0.285. The first-order valence-electron chi connectivity index (χ1n) is 15.4. The van der Waals surface area contributed by atoms with Crippen LogP contribution in [-0.4, -0.2) is 57.1 Å². The molecule has 1 aromatic heterocycles. The largest absolute Gasteiger partial charge is 0.458 e. The van der Waals surface area contributed by atoms with Crippen molar-refractivity contribution in [3.8, 4) is 0 Å². The molecular weight excluding hydrogens is 548 g/mol. The topological polar surface area (TPSA) is 115 Å². The van der Waals surface area contributed by atoms with Crippen molar-refractivity contribution in [2.24, 2.45) is 46.5 Å². The summed E-state index contributed by atoms with van der Waals surface area (Å²) in [6.07, 6.45) is 8.05. The van der Waals surface area contributed by atoms with Crippen LogP contribution in [0.5, 0.6) is 0 Å². The van der Waals surface area contributed by atoms with Crippen molar-refractivity contribution < 1.29 is 29.1 Å². The number of aliphatic hydroxyl groups excluding tert-OH is 1. The zero-order chi connectivity index (χ0) is 31.3. The van der Waals surface area contributed by atoms with Gasteiger partial charge >= 0.3 is 5.97 Å². The minimum Gasteiger partial charge on any atom is -0.458 e. The van der Waals surface area contributed by atoms with Gasteiger partial charge in [0.15, 0.2) is 18.0 Å². The number of pyridine rings is 1. The van der Waals surface area contributed by atoms with Crippen LogP contribution in [0.15, 0.2) is 46.9 Å². The number of aromatic nitrogens is 1. The van der Waals surface area contributed by atoms with Gasteiger partial charge in [-0.3, -0.25) is 24.0 Å². The zero-order valence-electron chi connectivity index (χ0n) is 26.3. The van der Waals surface area contributed by atoms with Crippen molar-refractivity contribution >= 4 is 17.5 Å². The van der Waals surface area contributed by atoms with Gasteiger partial charge < -0.3 is 14.4 Å². The van der Waals surface area contributed by atoms with Crippen LogP contribution in [0.2, 0.25) is 0 Å². The normalized spacial score (nSPS) is 43.3. The van der Waals surface area contributed by atoms with Gasteiger partial charge in [-0.2, -0.15) is 5.06 Å². The van der Waals surface area contributed by atoms with Crippen LogP contribution in [0, 0.1) is 39.4 Å². The summed E-state index contributed by atoms with van der Waals surface area (Å²) in [6.45, 7) is 12.3. The van der Waals surface area contributed by atoms with Gasteiger partial charge in [-0.25, -0.2) is 0 Å². The Balaban J connectivity index is 1.45. The van der Waals surface area contributed by atoms with E-state index >= 15 is 0 Å². The van der Waals surface area contributed by atoms with Gasteiger partial charge in [0.25, 0.3) is 5.56 Å². The SMILES string of the molecule is CC(=O)OCC(=O)[C@@]12ON(Cc3cccn(C)c3=O)C[C@@H]1C[C@@]1(C)[C@@H]3C[C@H](C)C4=CC(=O)C=C[C@]4(C)[C@@]3(C)[C@@H](O)C[C@@]12C. The number of hydrogen-bond donors (Lipinski definition) is 1. The van der Waals surface area contributed by atoms with Gasteiger partial charge in [0, 0.05) is 54.4 Å². The molecule has 1 aromatic rings. The Morgan fingerprint density at radius 1 is 1.16 bits per heavy atom. The van der Waals surface area contributed by atoms with E-state index in [-0.39, 0.29) is 41.4 Å². The monoisotopic (exact) mass is 592 g/mol.